The summed E-state index contributed by atoms with van der Waals surface area (Å²) in [6.07, 6.45) is 0. The number of carbonyl (C=O) groups excluding carboxylic acids is 1. The molecule has 0 aromatic heterocycles. The quantitative estimate of drug-likeness (QED) is 0.551. The molecule has 4 rings (SSSR count). The van der Waals surface area contributed by atoms with E-state index in [4.69, 9.17) is 11.6 Å². The average molecular weight is 505 g/mol. The van der Waals surface area contributed by atoms with E-state index in [1.165, 1.54) is 59.5 Å². The van der Waals surface area contributed by atoms with Gasteiger partial charge in [-0.05, 0) is 73.2 Å². The highest BCUT2D eigenvalue weighted by atomic mass is 35.5. The molecule has 1 amide bonds. The van der Waals surface area contributed by atoms with Crippen LogP contribution in [0.3, 0.4) is 0 Å². The SMILES string of the molecule is Cc1cccc(S(=O)(=O)Nc2ccc(C(=O)N3CC(S(=O)(=O)c4ccc(Cl)cc4)C3)cc2)c1. The van der Waals surface area contributed by atoms with Crippen LogP contribution in [0.1, 0.15) is 15.9 Å². The third-order valence-corrected chi connectivity index (χ3v) is 9.14. The molecule has 3 aromatic rings. The lowest BCUT2D eigenvalue weighted by Crippen LogP contribution is -2.56. The fourth-order valence-electron chi connectivity index (χ4n) is 3.48. The summed E-state index contributed by atoms with van der Waals surface area (Å²) in [5.74, 6) is -0.314. The van der Waals surface area contributed by atoms with Crippen LogP contribution < -0.4 is 4.72 Å². The van der Waals surface area contributed by atoms with E-state index in [9.17, 15) is 21.6 Å². The summed E-state index contributed by atoms with van der Waals surface area (Å²) in [4.78, 5) is 14.5. The molecule has 3 aromatic carbocycles. The molecular weight excluding hydrogens is 484 g/mol. The Morgan fingerprint density at radius 1 is 0.909 bits per heavy atom. The van der Waals surface area contributed by atoms with Crippen LogP contribution in [-0.2, 0) is 19.9 Å². The molecule has 0 saturated carbocycles. The summed E-state index contributed by atoms with van der Waals surface area (Å²) in [6.45, 7) is 1.98. The summed E-state index contributed by atoms with van der Waals surface area (Å²) in [6, 6.07) is 18.5. The molecule has 0 atom stereocenters. The standard InChI is InChI=1S/C23H21ClN2O5S2/c1-16-3-2-4-21(13-16)33(30,31)25-19-9-5-17(6-10-19)23(27)26-14-22(15-26)32(28,29)20-11-7-18(24)8-12-20/h2-13,22,25H,14-15H2,1H3. The number of benzene rings is 3. The lowest BCUT2D eigenvalue weighted by molar-refractivity contribution is 0.0659. The van der Waals surface area contributed by atoms with Crippen LogP contribution >= 0.6 is 11.6 Å². The van der Waals surface area contributed by atoms with Gasteiger partial charge in [0.1, 0.15) is 5.25 Å². The zero-order valence-corrected chi connectivity index (χ0v) is 20.0. The smallest absolute Gasteiger partial charge is 0.261 e. The first-order valence-electron chi connectivity index (χ1n) is 10.0. The van der Waals surface area contributed by atoms with Crippen molar-refractivity contribution in [1.29, 1.82) is 0 Å². The van der Waals surface area contributed by atoms with E-state index in [0.29, 0.717) is 16.3 Å². The summed E-state index contributed by atoms with van der Waals surface area (Å²) in [5, 5.41) is -0.230. The number of rotatable bonds is 6. The number of sulfone groups is 1. The van der Waals surface area contributed by atoms with Gasteiger partial charge in [0.25, 0.3) is 15.9 Å². The van der Waals surface area contributed by atoms with E-state index in [1.807, 2.05) is 0 Å². The van der Waals surface area contributed by atoms with Gasteiger partial charge in [-0.25, -0.2) is 16.8 Å². The van der Waals surface area contributed by atoms with Crippen molar-refractivity contribution >= 4 is 43.1 Å². The molecule has 1 fully saturated rings. The van der Waals surface area contributed by atoms with Crippen molar-refractivity contribution in [3.63, 3.8) is 0 Å². The number of hydrogen-bond donors (Lipinski definition) is 1. The van der Waals surface area contributed by atoms with E-state index >= 15 is 0 Å². The minimum absolute atomic E-state index is 0.0888. The zero-order chi connectivity index (χ0) is 23.8. The average Bonchev–Trinajstić information content (AvgIpc) is 2.73. The van der Waals surface area contributed by atoms with Crippen molar-refractivity contribution in [3.05, 3.63) is 88.9 Å². The van der Waals surface area contributed by atoms with Gasteiger partial charge >= 0.3 is 0 Å². The molecule has 0 aliphatic carbocycles. The molecular formula is C23H21ClN2O5S2. The van der Waals surface area contributed by atoms with Gasteiger partial charge in [0.05, 0.1) is 9.79 Å². The highest BCUT2D eigenvalue weighted by Crippen LogP contribution is 2.26. The number of nitrogens with zero attached hydrogens (tertiary/aromatic N) is 1. The van der Waals surface area contributed by atoms with Crippen molar-refractivity contribution < 1.29 is 21.6 Å². The molecule has 1 N–H and O–H groups in total. The predicted octanol–water partition coefficient (Wildman–Crippen LogP) is 3.75. The molecule has 1 saturated heterocycles. The fraction of sp³-hybridized carbons (Fsp3) is 0.174. The number of amides is 1. The Morgan fingerprint density at radius 2 is 1.55 bits per heavy atom. The molecule has 7 nitrogen and oxygen atoms in total. The number of likely N-dealkylation sites (tertiary alicyclic amines) is 1. The highest BCUT2D eigenvalue weighted by Gasteiger charge is 2.40. The van der Waals surface area contributed by atoms with E-state index in [-0.39, 0.29) is 28.8 Å². The largest absolute Gasteiger partial charge is 0.336 e. The van der Waals surface area contributed by atoms with Crippen LogP contribution in [0.4, 0.5) is 5.69 Å². The third kappa shape index (κ3) is 4.90. The molecule has 1 heterocycles. The zero-order valence-electron chi connectivity index (χ0n) is 17.6. The summed E-state index contributed by atoms with van der Waals surface area (Å²) in [7, 11) is -7.31. The normalized spacial score (nSPS) is 14.5. The van der Waals surface area contributed by atoms with Crippen LogP contribution in [0, 0.1) is 6.92 Å². The van der Waals surface area contributed by atoms with Crippen LogP contribution in [0.2, 0.25) is 5.02 Å². The second-order valence-electron chi connectivity index (χ2n) is 7.83. The van der Waals surface area contributed by atoms with Crippen molar-refractivity contribution in [2.75, 3.05) is 17.8 Å². The first-order valence-corrected chi connectivity index (χ1v) is 13.5. The second-order valence-corrected chi connectivity index (χ2v) is 12.2. The Kier molecular flexibility index (Phi) is 6.22. The molecule has 10 heteroatoms. The Balaban J connectivity index is 1.40. The van der Waals surface area contributed by atoms with E-state index in [1.54, 1.807) is 25.1 Å². The summed E-state index contributed by atoms with van der Waals surface area (Å²) < 4.78 is 53.0. The number of sulfonamides is 1. The van der Waals surface area contributed by atoms with Gasteiger partial charge in [-0.1, -0.05) is 23.7 Å². The lowest BCUT2D eigenvalue weighted by Gasteiger charge is -2.38. The Morgan fingerprint density at radius 3 is 2.15 bits per heavy atom. The Hall–Kier alpha value is -2.88. The molecule has 172 valence electrons. The molecule has 0 spiro atoms. The van der Waals surface area contributed by atoms with Gasteiger partial charge in [0.2, 0.25) is 0 Å². The number of halogens is 1. The van der Waals surface area contributed by atoms with Crippen LogP contribution in [0.15, 0.2) is 82.6 Å². The minimum Gasteiger partial charge on any atom is -0.336 e. The van der Waals surface area contributed by atoms with Gasteiger partial charge in [-0.15, -0.1) is 0 Å². The lowest BCUT2D eigenvalue weighted by atomic mass is 10.1. The van der Waals surface area contributed by atoms with Crippen LogP contribution in [0.5, 0.6) is 0 Å². The first kappa shape index (κ1) is 23.3. The van der Waals surface area contributed by atoms with Gasteiger partial charge < -0.3 is 4.90 Å². The molecule has 0 unspecified atom stereocenters. The summed E-state index contributed by atoms with van der Waals surface area (Å²) in [5.41, 5.74) is 1.49. The number of anilines is 1. The maximum atomic E-state index is 12.7. The third-order valence-electron chi connectivity index (χ3n) is 5.40. The topological polar surface area (TPSA) is 101 Å². The molecule has 0 radical (unpaired) electrons. The van der Waals surface area contributed by atoms with Crippen molar-refractivity contribution in [3.8, 4) is 0 Å². The van der Waals surface area contributed by atoms with Gasteiger partial charge in [-0.2, -0.15) is 0 Å². The van der Waals surface area contributed by atoms with Crippen molar-refractivity contribution in [2.24, 2.45) is 0 Å². The van der Waals surface area contributed by atoms with Crippen molar-refractivity contribution in [1.82, 2.24) is 4.90 Å². The maximum Gasteiger partial charge on any atom is 0.261 e. The number of aryl methyl sites for hydroxylation is 1. The Bertz CT molecular complexity index is 1400. The van der Waals surface area contributed by atoms with Gasteiger partial charge in [-0.3, -0.25) is 9.52 Å². The second kappa shape index (κ2) is 8.81. The van der Waals surface area contributed by atoms with E-state index in [2.05, 4.69) is 4.72 Å². The summed E-state index contributed by atoms with van der Waals surface area (Å²) >= 11 is 5.82. The van der Waals surface area contributed by atoms with E-state index in [0.717, 1.165) is 5.56 Å². The number of carbonyl (C=O) groups is 1. The van der Waals surface area contributed by atoms with Crippen LogP contribution in [-0.4, -0.2) is 46.0 Å². The Labute approximate surface area is 198 Å². The van der Waals surface area contributed by atoms with Gasteiger partial charge in [0, 0.05) is 29.4 Å². The maximum absolute atomic E-state index is 12.7. The predicted molar refractivity (Wildman–Crippen MR) is 127 cm³/mol. The van der Waals surface area contributed by atoms with Gasteiger partial charge in [0.15, 0.2) is 9.84 Å². The molecule has 1 aliphatic heterocycles. The van der Waals surface area contributed by atoms with Crippen LogP contribution in [0.25, 0.3) is 0 Å². The molecule has 1 aliphatic rings. The monoisotopic (exact) mass is 504 g/mol. The van der Waals surface area contributed by atoms with E-state index < -0.39 is 25.1 Å². The number of nitrogens with one attached hydrogen (secondary N) is 1. The molecule has 0 bridgehead atoms. The molecule has 33 heavy (non-hydrogen) atoms. The highest BCUT2D eigenvalue weighted by molar-refractivity contribution is 7.92. The first-order chi connectivity index (χ1) is 15.6. The minimum atomic E-state index is -3.75. The number of hydrogen-bond acceptors (Lipinski definition) is 5. The fourth-order valence-corrected chi connectivity index (χ4v) is 6.42. The van der Waals surface area contributed by atoms with Crippen molar-refractivity contribution in [2.45, 2.75) is 22.0 Å².